The van der Waals surface area contributed by atoms with Crippen LogP contribution in [0.3, 0.4) is 0 Å². The molecule has 1 aliphatic carbocycles. The maximum absolute atomic E-state index is 13.0. The van der Waals surface area contributed by atoms with E-state index in [0.717, 1.165) is 25.7 Å². The zero-order valence-corrected chi connectivity index (χ0v) is 14.1. The predicted octanol–water partition coefficient (Wildman–Crippen LogP) is 1.30. The molecule has 1 saturated heterocycles. The molecule has 7 heteroatoms. The Hall–Kier alpha value is -1.15. The topological polar surface area (TPSA) is 92.9 Å². The average Bonchev–Trinajstić information content (AvgIpc) is 2.55. The lowest BCUT2D eigenvalue weighted by molar-refractivity contribution is -0.0899. The third kappa shape index (κ3) is 2.98. The summed E-state index contributed by atoms with van der Waals surface area (Å²) >= 11 is 0. The van der Waals surface area contributed by atoms with Gasteiger partial charge in [0.1, 0.15) is 11.5 Å². The molecule has 2 fully saturated rings. The fourth-order valence-electron chi connectivity index (χ4n) is 3.86. The van der Waals surface area contributed by atoms with Crippen molar-refractivity contribution in [2.24, 2.45) is 11.7 Å². The Morgan fingerprint density at radius 3 is 2.57 bits per heavy atom. The molecule has 1 heterocycles. The van der Waals surface area contributed by atoms with E-state index in [1.165, 1.54) is 0 Å². The van der Waals surface area contributed by atoms with Crippen LogP contribution in [-0.2, 0) is 10.0 Å². The van der Waals surface area contributed by atoms with Crippen LogP contribution in [0.4, 0.5) is 0 Å². The van der Waals surface area contributed by atoms with Gasteiger partial charge in [-0.25, -0.2) is 8.42 Å². The van der Waals surface area contributed by atoms with E-state index < -0.39 is 15.7 Å². The van der Waals surface area contributed by atoms with Crippen LogP contribution in [0.2, 0.25) is 0 Å². The van der Waals surface area contributed by atoms with Crippen molar-refractivity contribution in [3.8, 4) is 5.75 Å². The van der Waals surface area contributed by atoms with Crippen LogP contribution < -0.4 is 10.5 Å². The number of hydrogen-bond donors (Lipinski definition) is 2. The summed E-state index contributed by atoms with van der Waals surface area (Å²) in [6.45, 7) is 0.253. The Morgan fingerprint density at radius 2 is 1.91 bits per heavy atom. The van der Waals surface area contributed by atoms with Crippen LogP contribution in [0.5, 0.6) is 5.75 Å². The minimum absolute atomic E-state index is 0.196. The molecule has 0 bridgehead atoms. The minimum Gasteiger partial charge on any atom is -0.497 e. The van der Waals surface area contributed by atoms with Gasteiger partial charge in [-0.3, -0.25) is 0 Å². The Kier molecular flexibility index (Phi) is 4.39. The minimum atomic E-state index is -3.60. The molecule has 1 aliphatic heterocycles. The molecule has 1 saturated carbocycles. The van der Waals surface area contributed by atoms with E-state index in [-0.39, 0.29) is 29.8 Å². The number of rotatable bonds is 3. The normalized spacial score (nSPS) is 32.3. The highest BCUT2D eigenvalue weighted by Crippen LogP contribution is 2.41. The molecule has 3 rings (SSSR count). The monoisotopic (exact) mass is 340 g/mol. The SMILES string of the molecule is COc1ccc(S(=O)(=O)N2CCC(N)(O)C3CCCCC32)cc1. The number of piperidine rings is 1. The maximum atomic E-state index is 13.0. The molecule has 3 atom stereocenters. The molecule has 0 spiro atoms. The van der Waals surface area contributed by atoms with E-state index in [1.54, 1.807) is 35.7 Å². The van der Waals surface area contributed by atoms with Crippen LogP contribution in [0, 0.1) is 5.92 Å². The van der Waals surface area contributed by atoms with Crippen molar-refractivity contribution in [3.63, 3.8) is 0 Å². The Labute approximate surface area is 137 Å². The summed E-state index contributed by atoms with van der Waals surface area (Å²) in [7, 11) is -2.05. The van der Waals surface area contributed by atoms with Crippen LogP contribution in [0.25, 0.3) is 0 Å². The molecule has 2 aliphatic rings. The summed E-state index contributed by atoms with van der Waals surface area (Å²) in [4.78, 5) is 0.255. The van der Waals surface area contributed by atoms with Gasteiger partial charge in [0.05, 0.1) is 12.0 Å². The molecule has 0 aromatic heterocycles. The molecule has 3 N–H and O–H groups in total. The van der Waals surface area contributed by atoms with Gasteiger partial charge in [-0.2, -0.15) is 4.31 Å². The molecular weight excluding hydrogens is 316 g/mol. The van der Waals surface area contributed by atoms with E-state index >= 15 is 0 Å². The summed E-state index contributed by atoms with van der Waals surface area (Å²) in [5, 5.41) is 10.4. The van der Waals surface area contributed by atoms with Gasteiger partial charge in [-0.15, -0.1) is 0 Å². The largest absolute Gasteiger partial charge is 0.497 e. The van der Waals surface area contributed by atoms with Gasteiger partial charge >= 0.3 is 0 Å². The molecule has 3 unspecified atom stereocenters. The Bertz CT molecular complexity index is 657. The number of benzene rings is 1. The van der Waals surface area contributed by atoms with Gasteiger partial charge in [0.2, 0.25) is 10.0 Å². The van der Waals surface area contributed by atoms with Crippen LogP contribution in [-0.4, -0.2) is 43.3 Å². The van der Waals surface area contributed by atoms with E-state index in [4.69, 9.17) is 10.5 Å². The van der Waals surface area contributed by atoms with Crippen molar-refractivity contribution in [1.29, 1.82) is 0 Å². The van der Waals surface area contributed by atoms with Gasteiger partial charge < -0.3 is 15.6 Å². The zero-order valence-electron chi connectivity index (χ0n) is 13.3. The highest BCUT2D eigenvalue weighted by atomic mass is 32.2. The first kappa shape index (κ1) is 16.7. The second kappa shape index (κ2) is 6.05. The second-order valence-corrected chi connectivity index (χ2v) is 8.38. The Morgan fingerprint density at radius 1 is 1.26 bits per heavy atom. The van der Waals surface area contributed by atoms with Crippen molar-refractivity contribution in [2.75, 3.05) is 13.7 Å². The summed E-state index contributed by atoms with van der Waals surface area (Å²) in [6.07, 6.45) is 3.73. The molecular formula is C16H24N2O4S. The van der Waals surface area contributed by atoms with E-state index in [2.05, 4.69) is 0 Å². The number of methoxy groups -OCH3 is 1. The van der Waals surface area contributed by atoms with E-state index in [9.17, 15) is 13.5 Å². The molecule has 128 valence electrons. The van der Waals surface area contributed by atoms with Crippen LogP contribution in [0.15, 0.2) is 29.2 Å². The van der Waals surface area contributed by atoms with Crippen molar-refractivity contribution in [1.82, 2.24) is 4.31 Å². The van der Waals surface area contributed by atoms with Crippen molar-refractivity contribution < 1.29 is 18.3 Å². The van der Waals surface area contributed by atoms with E-state index in [0.29, 0.717) is 5.75 Å². The molecule has 23 heavy (non-hydrogen) atoms. The highest BCUT2D eigenvalue weighted by molar-refractivity contribution is 7.89. The number of nitrogens with two attached hydrogens (primary N) is 1. The lowest BCUT2D eigenvalue weighted by atomic mass is 9.74. The molecule has 1 aromatic carbocycles. The molecule has 6 nitrogen and oxygen atoms in total. The number of hydrogen-bond acceptors (Lipinski definition) is 5. The third-order valence-electron chi connectivity index (χ3n) is 5.14. The standard InChI is InChI=1S/C16H24N2O4S/c1-22-12-6-8-13(9-7-12)23(20,21)18-11-10-16(17,19)14-4-2-3-5-15(14)18/h6-9,14-15,19H,2-5,10-11,17H2,1H3. The molecule has 0 radical (unpaired) electrons. The number of nitrogens with zero attached hydrogens (tertiary/aromatic N) is 1. The number of fused-ring (bicyclic) bond motifs is 1. The smallest absolute Gasteiger partial charge is 0.243 e. The van der Waals surface area contributed by atoms with Gasteiger partial charge in [-0.1, -0.05) is 12.8 Å². The van der Waals surface area contributed by atoms with Gasteiger partial charge in [0.25, 0.3) is 0 Å². The first-order valence-electron chi connectivity index (χ1n) is 8.03. The number of sulfonamides is 1. The fourth-order valence-corrected chi connectivity index (χ4v) is 5.55. The summed E-state index contributed by atoms with van der Waals surface area (Å²) in [5.74, 6) is 0.424. The van der Waals surface area contributed by atoms with E-state index in [1.807, 2.05) is 0 Å². The first-order chi connectivity index (χ1) is 10.9. The summed E-state index contributed by atoms with van der Waals surface area (Å²) in [5.41, 5.74) is 4.77. The summed E-state index contributed by atoms with van der Waals surface area (Å²) < 4.78 is 32.7. The predicted molar refractivity (Wildman–Crippen MR) is 86.4 cm³/mol. The van der Waals surface area contributed by atoms with Gasteiger partial charge in [0.15, 0.2) is 0 Å². The van der Waals surface area contributed by atoms with Crippen molar-refractivity contribution >= 4 is 10.0 Å². The fraction of sp³-hybridized carbons (Fsp3) is 0.625. The van der Waals surface area contributed by atoms with Gasteiger partial charge in [0, 0.05) is 24.9 Å². The molecule has 0 amide bonds. The summed E-state index contributed by atoms with van der Waals surface area (Å²) in [6, 6.07) is 6.20. The number of aliphatic hydroxyl groups is 1. The van der Waals surface area contributed by atoms with Crippen LogP contribution >= 0.6 is 0 Å². The Balaban J connectivity index is 1.92. The zero-order chi connectivity index (χ0) is 16.7. The quantitative estimate of drug-likeness (QED) is 0.809. The van der Waals surface area contributed by atoms with Gasteiger partial charge in [-0.05, 0) is 37.1 Å². The average molecular weight is 340 g/mol. The van der Waals surface area contributed by atoms with Crippen LogP contribution in [0.1, 0.15) is 32.1 Å². The van der Waals surface area contributed by atoms with Crippen molar-refractivity contribution in [3.05, 3.63) is 24.3 Å². The lowest BCUT2D eigenvalue weighted by Gasteiger charge is -2.49. The van der Waals surface area contributed by atoms with Crippen molar-refractivity contribution in [2.45, 2.75) is 48.8 Å². The molecule has 1 aromatic rings. The first-order valence-corrected chi connectivity index (χ1v) is 9.47. The lowest BCUT2D eigenvalue weighted by Crippen LogP contribution is -2.63. The highest BCUT2D eigenvalue weighted by Gasteiger charge is 2.49. The maximum Gasteiger partial charge on any atom is 0.243 e. The third-order valence-corrected chi connectivity index (χ3v) is 7.08. The second-order valence-electron chi connectivity index (χ2n) is 6.49. The number of ether oxygens (including phenoxy) is 1.